The number of fused-ring (bicyclic) bond motifs is 3. The number of aryl methyl sites for hydroxylation is 1. The number of guanidine groups is 1. The van der Waals surface area contributed by atoms with Crippen LogP contribution in [0.4, 0.5) is 5.95 Å². The first kappa shape index (κ1) is 18.9. The van der Waals surface area contributed by atoms with Crippen molar-refractivity contribution < 1.29 is 9.53 Å². The first-order chi connectivity index (χ1) is 15.0. The average molecular weight is 414 g/mol. The van der Waals surface area contributed by atoms with Crippen molar-refractivity contribution >= 4 is 28.9 Å². The molecule has 0 bridgehead atoms. The largest absolute Gasteiger partial charge is 0.465 e. The molecule has 8 heteroatoms. The number of esters is 1. The molecule has 156 valence electrons. The van der Waals surface area contributed by atoms with Crippen LogP contribution in [-0.4, -0.2) is 33.2 Å². The number of nitrogens with one attached hydrogen (secondary N) is 1. The number of aliphatic imine (C=N–C) groups is 1. The minimum absolute atomic E-state index is 0.333. The van der Waals surface area contributed by atoms with Crippen LogP contribution in [0.2, 0.25) is 0 Å². The molecule has 0 saturated carbocycles. The molecule has 3 heterocycles. The second-order valence-corrected chi connectivity index (χ2v) is 7.51. The molecule has 0 saturated heterocycles. The van der Waals surface area contributed by atoms with Gasteiger partial charge in [0.05, 0.1) is 23.7 Å². The van der Waals surface area contributed by atoms with E-state index in [-0.39, 0.29) is 12.1 Å². The molecule has 1 atom stereocenters. The van der Waals surface area contributed by atoms with Crippen LogP contribution in [0.3, 0.4) is 0 Å². The number of rotatable bonds is 3. The number of anilines is 1. The van der Waals surface area contributed by atoms with Crippen LogP contribution in [0, 0.1) is 13.8 Å². The molecule has 8 nitrogen and oxygen atoms in total. The summed E-state index contributed by atoms with van der Waals surface area (Å²) in [5.74, 6) is 0.651. The number of carbonyl (C=O) groups excluding carboxylic acids is 1. The summed E-state index contributed by atoms with van der Waals surface area (Å²) in [6.07, 6.45) is -0.335. The lowest BCUT2D eigenvalue weighted by Crippen LogP contribution is -2.31. The van der Waals surface area contributed by atoms with E-state index in [9.17, 15) is 4.79 Å². The molecule has 0 radical (unpaired) electrons. The summed E-state index contributed by atoms with van der Waals surface area (Å²) in [4.78, 5) is 21.1. The second-order valence-electron chi connectivity index (χ2n) is 7.51. The summed E-state index contributed by atoms with van der Waals surface area (Å²) in [6.45, 7) is 4.11. The molecule has 5 rings (SSSR count). The topological polar surface area (TPSA) is 99.5 Å². The van der Waals surface area contributed by atoms with Crippen LogP contribution in [0.5, 0.6) is 0 Å². The molecule has 4 aromatic rings. The van der Waals surface area contributed by atoms with Crippen LogP contribution in [-0.2, 0) is 4.74 Å². The number of hydrogen-bond donors (Lipinski definition) is 2. The van der Waals surface area contributed by atoms with Crippen molar-refractivity contribution in [2.75, 3.05) is 12.4 Å². The predicted octanol–water partition coefficient (Wildman–Crippen LogP) is 3.52. The van der Waals surface area contributed by atoms with E-state index in [4.69, 9.17) is 15.5 Å². The zero-order valence-corrected chi connectivity index (χ0v) is 17.5. The summed E-state index contributed by atoms with van der Waals surface area (Å²) in [6, 6.07) is 17.4. The molecule has 3 N–H and O–H groups in total. The lowest BCUT2D eigenvalue weighted by atomic mass is 10.1. The van der Waals surface area contributed by atoms with Gasteiger partial charge in [0.25, 0.3) is 0 Å². The Labute approximate surface area is 179 Å². The Morgan fingerprint density at radius 2 is 1.87 bits per heavy atom. The van der Waals surface area contributed by atoms with E-state index < -0.39 is 0 Å². The third kappa shape index (κ3) is 2.95. The monoisotopic (exact) mass is 414 g/mol. The zero-order valence-electron chi connectivity index (χ0n) is 17.5. The van der Waals surface area contributed by atoms with Gasteiger partial charge in [-0.3, -0.25) is 9.88 Å². The molecular weight excluding hydrogens is 392 g/mol. The standard InChI is InChI=1S/C23H22N6O2/c1-13-12-17(14(2)28(13)16-10-8-15(9-11-16)21(30)31-3)20-26-22(24)27-23-25-18-6-4-5-7-19(18)29(20)23/h4-12,20H,1-3H3,(H3,24,25,26,27). The molecule has 1 aliphatic rings. The van der Waals surface area contributed by atoms with Crippen molar-refractivity contribution in [2.24, 2.45) is 10.7 Å². The van der Waals surface area contributed by atoms with Gasteiger partial charge < -0.3 is 15.0 Å². The van der Waals surface area contributed by atoms with Gasteiger partial charge in [0, 0.05) is 22.6 Å². The van der Waals surface area contributed by atoms with Gasteiger partial charge in [0.15, 0.2) is 12.1 Å². The Hall–Kier alpha value is -4.07. The van der Waals surface area contributed by atoms with Crippen molar-refractivity contribution in [3.05, 3.63) is 77.1 Å². The van der Waals surface area contributed by atoms with Crippen molar-refractivity contribution in [1.82, 2.24) is 14.1 Å². The SMILES string of the molecule is COC(=O)c1ccc(-n2c(C)cc(C3N=C(N)Nc4nc5ccccc5n43)c2C)cc1. The molecule has 2 aromatic heterocycles. The third-order valence-corrected chi connectivity index (χ3v) is 5.64. The minimum Gasteiger partial charge on any atom is -0.465 e. The number of para-hydroxylation sites is 2. The Balaban J connectivity index is 1.63. The van der Waals surface area contributed by atoms with Crippen LogP contribution in [0.1, 0.15) is 33.5 Å². The van der Waals surface area contributed by atoms with Gasteiger partial charge in [-0.25, -0.2) is 14.8 Å². The van der Waals surface area contributed by atoms with Crippen LogP contribution in [0.15, 0.2) is 59.6 Å². The van der Waals surface area contributed by atoms with Crippen LogP contribution in [0.25, 0.3) is 16.7 Å². The van der Waals surface area contributed by atoms with Crippen molar-refractivity contribution in [2.45, 2.75) is 20.0 Å². The Kier molecular flexibility index (Phi) is 4.28. The highest BCUT2D eigenvalue weighted by Gasteiger charge is 2.28. The summed E-state index contributed by atoms with van der Waals surface area (Å²) in [7, 11) is 1.38. The lowest BCUT2D eigenvalue weighted by Gasteiger charge is -2.24. The average Bonchev–Trinajstić information content (AvgIpc) is 3.29. The van der Waals surface area contributed by atoms with Crippen molar-refractivity contribution in [3.63, 3.8) is 0 Å². The molecule has 2 aromatic carbocycles. The number of nitrogens with two attached hydrogens (primary N) is 1. The van der Waals surface area contributed by atoms with E-state index in [0.717, 1.165) is 33.7 Å². The highest BCUT2D eigenvalue weighted by molar-refractivity contribution is 5.94. The maximum absolute atomic E-state index is 11.8. The van der Waals surface area contributed by atoms with Crippen molar-refractivity contribution in [1.29, 1.82) is 0 Å². The lowest BCUT2D eigenvalue weighted by molar-refractivity contribution is 0.0600. The van der Waals surface area contributed by atoms with E-state index in [0.29, 0.717) is 17.5 Å². The highest BCUT2D eigenvalue weighted by atomic mass is 16.5. The van der Waals surface area contributed by atoms with Gasteiger partial charge in [-0.15, -0.1) is 0 Å². The summed E-state index contributed by atoms with van der Waals surface area (Å²) in [5.41, 5.74) is 12.6. The summed E-state index contributed by atoms with van der Waals surface area (Å²) < 4.78 is 9.01. The second kappa shape index (κ2) is 7.02. The highest BCUT2D eigenvalue weighted by Crippen LogP contribution is 2.35. The molecule has 0 spiro atoms. The van der Waals surface area contributed by atoms with Gasteiger partial charge in [0.2, 0.25) is 5.95 Å². The molecule has 0 fully saturated rings. The van der Waals surface area contributed by atoms with E-state index in [2.05, 4.69) is 32.4 Å². The number of nitrogens with zero attached hydrogens (tertiary/aromatic N) is 4. The molecule has 31 heavy (non-hydrogen) atoms. The van der Waals surface area contributed by atoms with E-state index in [1.54, 1.807) is 12.1 Å². The third-order valence-electron chi connectivity index (χ3n) is 5.64. The molecule has 1 aliphatic heterocycles. The van der Waals surface area contributed by atoms with Crippen molar-refractivity contribution in [3.8, 4) is 5.69 Å². The van der Waals surface area contributed by atoms with Crippen LogP contribution < -0.4 is 11.1 Å². The number of imidazole rings is 1. The summed E-state index contributed by atoms with van der Waals surface area (Å²) >= 11 is 0. The van der Waals surface area contributed by atoms with E-state index >= 15 is 0 Å². The fourth-order valence-corrected chi connectivity index (χ4v) is 4.24. The fraction of sp³-hybridized carbons (Fsp3) is 0.174. The van der Waals surface area contributed by atoms with Gasteiger partial charge in [-0.05, 0) is 56.3 Å². The molecule has 0 amide bonds. The Bertz CT molecular complexity index is 1350. The maximum atomic E-state index is 11.8. The quantitative estimate of drug-likeness (QED) is 0.500. The number of aromatic nitrogens is 3. The number of hydrogen-bond acceptors (Lipinski definition) is 6. The normalized spacial score (nSPS) is 15.3. The van der Waals surface area contributed by atoms with E-state index in [1.807, 2.05) is 43.3 Å². The van der Waals surface area contributed by atoms with Gasteiger partial charge in [-0.2, -0.15) is 0 Å². The maximum Gasteiger partial charge on any atom is 0.337 e. The van der Waals surface area contributed by atoms with Gasteiger partial charge >= 0.3 is 5.97 Å². The van der Waals surface area contributed by atoms with Crippen LogP contribution >= 0.6 is 0 Å². The number of ether oxygens (including phenoxy) is 1. The number of methoxy groups -OCH3 is 1. The number of carbonyl (C=O) groups is 1. The van der Waals surface area contributed by atoms with Gasteiger partial charge in [0.1, 0.15) is 0 Å². The zero-order chi connectivity index (χ0) is 21.7. The molecular formula is C23H22N6O2. The first-order valence-electron chi connectivity index (χ1n) is 9.93. The Morgan fingerprint density at radius 3 is 2.61 bits per heavy atom. The first-order valence-corrected chi connectivity index (χ1v) is 9.93. The molecule has 1 unspecified atom stereocenters. The van der Waals surface area contributed by atoms with Gasteiger partial charge in [-0.1, -0.05) is 12.1 Å². The minimum atomic E-state index is -0.354. The smallest absolute Gasteiger partial charge is 0.337 e. The fourth-order valence-electron chi connectivity index (χ4n) is 4.24. The number of benzene rings is 2. The molecule has 0 aliphatic carbocycles. The Morgan fingerprint density at radius 1 is 1.13 bits per heavy atom. The predicted molar refractivity (Wildman–Crippen MR) is 120 cm³/mol. The van der Waals surface area contributed by atoms with E-state index in [1.165, 1.54) is 7.11 Å². The summed E-state index contributed by atoms with van der Waals surface area (Å²) in [5, 5.41) is 3.07.